The molecule has 0 aromatic heterocycles. The minimum Gasteiger partial charge on any atom is -0.507 e. The van der Waals surface area contributed by atoms with Crippen LogP contribution in [0.1, 0.15) is 49.3 Å². The maximum Gasteiger partial charge on any atom is 0.298 e. The van der Waals surface area contributed by atoms with Crippen molar-refractivity contribution < 1.29 is 24.1 Å². The smallest absolute Gasteiger partial charge is 0.298 e. The van der Waals surface area contributed by atoms with E-state index < -0.39 is 0 Å². The molecule has 29 heavy (non-hydrogen) atoms. The molecule has 0 aliphatic carbocycles. The van der Waals surface area contributed by atoms with Crippen LogP contribution in [0, 0.1) is 13.8 Å². The molecule has 0 spiro atoms. The van der Waals surface area contributed by atoms with Gasteiger partial charge in [-0.25, -0.2) is 0 Å². The molecule has 0 bridgehead atoms. The molecule has 0 aliphatic rings. The summed E-state index contributed by atoms with van der Waals surface area (Å²) in [5, 5.41) is 10.4. The van der Waals surface area contributed by atoms with Crippen LogP contribution in [-0.2, 0) is 4.79 Å². The highest BCUT2D eigenvalue weighted by Gasteiger charge is 2.12. The summed E-state index contributed by atoms with van der Waals surface area (Å²) in [7, 11) is 0. The van der Waals surface area contributed by atoms with Gasteiger partial charge in [0.25, 0.3) is 6.47 Å². The number of hydrogen-bond donors (Lipinski definition) is 1. The number of aryl methyl sites for hydroxylation is 1. The largest absolute Gasteiger partial charge is 0.507 e. The standard InChI is InChI=1S/C24H30O5/c1-5-8-17(2)21-10-12-23(19(4)24(21)26)28-14-7-6-13-27-22-11-9-20(29-16-25)15-18(22)3/h9-12,15-16,26H,2,5-8,13-14H2,1,3-4H3. The number of benzene rings is 2. The Morgan fingerprint density at radius 2 is 1.72 bits per heavy atom. The second-order valence-electron chi connectivity index (χ2n) is 6.98. The molecule has 1 N–H and O–H groups in total. The average molecular weight is 398 g/mol. The number of rotatable bonds is 12. The molecule has 0 fully saturated rings. The number of phenolic OH excluding ortho intramolecular Hbond substituents is 1. The van der Waals surface area contributed by atoms with E-state index >= 15 is 0 Å². The van der Waals surface area contributed by atoms with Crippen molar-refractivity contribution in [1.29, 1.82) is 0 Å². The zero-order valence-corrected chi connectivity index (χ0v) is 17.5. The highest BCUT2D eigenvalue weighted by atomic mass is 16.5. The van der Waals surface area contributed by atoms with E-state index in [0.717, 1.165) is 53.7 Å². The zero-order valence-electron chi connectivity index (χ0n) is 17.5. The van der Waals surface area contributed by atoms with Crippen molar-refractivity contribution >= 4 is 12.0 Å². The van der Waals surface area contributed by atoms with Gasteiger partial charge in [0.15, 0.2) is 0 Å². The van der Waals surface area contributed by atoms with Gasteiger partial charge < -0.3 is 19.3 Å². The molecule has 0 saturated carbocycles. The number of aromatic hydroxyl groups is 1. The molecular formula is C24H30O5. The highest BCUT2D eigenvalue weighted by Crippen LogP contribution is 2.35. The molecule has 156 valence electrons. The summed E-state index contributed by atoms with van der Waals surface area (Å²) in [5.41, 5.74) is 3.39. The first-order chi connectivity index (χ1) is 14.0. The van der Waals surface area contributed by atoms with Crippen LogP contribution in [0.5, 0.6) is 23.0 Å². The first-order valence-electron chi connectivity index (χ1n) is 9.95. The Kier molecular flexibility index (Phi) is 8.59. The third-order valence-corrected chi connectivity index (χ3v) is 4.70. The van der Waals surface area contributed by atoms with Gasteiger partial charge >= 0.3 is 0 Å². The van der Waals surface area contributed by atoms with Gasteiger partial charge in [0.1, 0.15) is 23.0 Å². The Balaban J connectivity index is 1.77. The molecule has 0 atom stereocenters. The summed E-state index contributed by atoms with van der Waals surface area (Å²) in [6, 6.07) is 9.03. The zero-order chi connectivity index (χ0) is 21.2. The maximum absolute atomic E-state index is 10.4. The van der Waals surface area contributed by atoms with Crippen molar-refractivity contribution in [3.05, 3.63) is 53.6 Å². The van der Waals surface area contributed by atoms with Gasteiger partial charge in [0.2, 0.25) is 0 Å². The van der Waals surface area contributed by atoms with Crippen LogP contribution in [0.15, 0.2) is 36.9 Å². The van der Waals surface area contributed by atoms with Crippen LogP contribution in [0.2, 0.25) is 0 Å². The third-order valence-electron chi connectivity index (χ3n) is 4.70. The normalized spacial score (nSPS) is 10.4. The van der Waals surface area contributed by atoms with Gasteiger partial charge in [-0.05, 0) is 74.6 Å². The lowest BCUT2D eigenvalue weighted by Gasteiger charge is -2.14. The van der Waals surface area contributed by atoms with Crippen LogP contribution in [-0.4, -0.2) is 24.8 Å². The van der Waals surface area contributed by atoms with E-state index in [0.29, 0.717) is 31.2 Å². The molecule has 0 aliphatic heterocycles. The number of carbonyl (C=O) groups excluding carboxylic acids is 1. The summed E-state index contributed by atoms with van der Waals surface area (Å²) in [4.78, 5) is 10.4. The molecular weight excluding hydrogens is 368 g/mol. The molecule has 2 aromatic rings. The van der Waals surface area contributed by atoms with Crippen LogP contribution < -0.4 is 14.2 Å². The Hall–Kier alpha value is -2.95. The van der Waals surface area contributed by atoms with Gasteiger partial charge in [-0.15, -0.1) is 0 Å². The molecule has 5 nitrogen and oxygen atoms in total. The van der Waals surface area contributed by atoms with Crippen LogP contribution in [0.4, 0.5) is 0 Å². The Morgan fingerprint density at radius 3 is 2.34 bits per heavy atom. The maximum atomic E-state index is 10.4. The fourth-order valence-corrected chi connectivity index (χ4v) is 3.04. The van der Waals surface area contributed by atoms with Crippen molar-refractivity contribution in [2.45, 2.75) is 46.5 Å². The van der Waals surface area contributed by atoms with E-state index in [2.05, 4.69) is 13.5 Å². The van der Waals surface area contributed by atoms with E-state index in [-0.39, 0.29) is 5.75 Å². The Bertz CT molecular complexity index is 841. The van der Waals surface area contributed by atoms with Crippen LogP contribution >= 0.6 is 0 Å². The summed E-state index contributed by atoms with van der Waals surface area (Å²) < 4.78 is 16.4. The number of ether oxygens (including phenoxy) is 3. The summed E-state index contributed by atoms with van der Waals surface area (Å²) in [6.45, 7) is 11.4. The quantitative estimate of drug-likeness (QED) is 0.373. The van der Waals surface area contributed by atoms with Gasteiger partial charge in [-0.2, -0.15) is 0 Å². The lowest BCUT2D eigenvalue weighted by molar-refractivity contribution is -0.120. The van der Waals surface area contributed by atoms with Crippen LogP contribution in [0.25, 0.3) is 5.57 Å². The number of carbonyl (C=O) groups is 1. The van der Waals surface area contributed by atoms with E-state index in [9.17, 15) is 9.90 Å². The predicted octanol–water partition coefficient (Wildman–Crippen LogP) is 5.60. The van der Waals surface area contributed by atoms with Crippen LogP contribution in [0.3, 0.4) is 0 Å². The SMILES string of the molecule is C=C(CCC)c1ccc(OCCCCOc2ccc(OC=O)cc2C)c(C)c1O. The third kappa shape index (κ3) is 6.28. The number of allylic oxidation sites excluding steroid dienone is 1. The molecule has 0 heterocycles. The Labute approximate surface area is 172 Å². The van der Waals surface area contributed by atoms with Crippen molar-refractivity contribution in [1.82, 2.24) is 0 Å². The predicted molar refractivity (Wildman–Crippen MR) is 115 cm³/mol. The fraction of sp³-hybridized carbons (Fsp3) is 0.375. The second kappa shape index (κ2) is 11.1. The molecule has 5 heteroatoms. The molecule has 0 saturated heterocycles. The monoisotopic (exact) mass is 398 g/mol. The fourth-order valence-electron chi connectivity index (χ4n) is 3.04. The minimum absolute atomic E-state index is 0.252. The van der Waals surface area contributed by atoms with Gasteiger partial charge in [-0.3, -0.25) is 4.79 Å². The van der Waals surface area contributed by atoms with Crippen molar-refractivity contribution in [2.75, 3.05) is 13.2 Å². The molecule has 0 unspecified atom stereocenters. The van der Waals surface area contributed by atoms with E-state index in [1.165, 1.54) is 0 Å². The van der Waals surface area contributed by atoms with E-state index in [4.69, 9.17) is 14.2 Å². The van der Waals surface area contributed by atoms with Gasteiger partial charge in [0, 0.05) is 11.1 Å². The average Bonchev–Trinajstić information content (AvgIpc) is 2.69. The number of hydrogen-bond acceptors (Lipinski definition) is 5. The lowest BCUT2D eigenvalue weighted by atomic mass is 9.99. The minimum atomic E-state index is 0.252. The molecule has 0 amide bonds. The second-order valence-corrected chi connectivity index (χ2v) is 6.98. The summed E-state index contributed by atoms with van der Waals surface area (Å²) >= 11 is 0. The highest BCUT2D eigenvalue weighted by molar-refractivity contribution is 5.71. The topological polar surface area (TPSA) is 65.0 Å². The number of phenols is 1. The molecule has 2 rings (SSSR count). The first kappa shape index (κ1) is 22.3. The van der Waals surface area contributed by atoms with Crippen molar-refractivity contribution in [3.8, 4) is 23.0 Å². The van der Waals surface area contributed by atoms with Gasteiger partial charge in [-0.1, -0.05) is 19.9 Å². The van der Waals surface area contributed by atoms with Crippen molar-refractivity contribution in [2.24, 2.45) is 0 Å². The molecule has 2 aromatic carbocycles. The van der Waals surface area contributed by atoms with Gasteiger partial charge in [0.05, 0.1) is 13.2 Å². The summed E-state index contributed by atoms with van der Waals surface area (Å²) in [6.07, 6.45) is 3.52. The summed E-state index contributed by atoms with van der Waals surface area (Å²) in [5.74, 6) is 2.22. The molecule has 0 radical (unpaired) electrons. The lowest BCUT2D eigenvalue weighted by Crippen LogP contribution is -2.04. The van der Waals surface area contributed by atoms with Crippen molar-refractivity contribution in [3.63, 3.8) is 0 Å². The Morgan fingerprint density at radius 1 is 1.07 bits per heavy atom. The first-order valence-corrected chi connectivity index (χ1v) is 9.95. The van der Waals surface area contributed by atoms with E-state index in [1.807, 2.05) is 26.0 Å². The van der Waals surface area contributed by atoms with E-state index in [1.54, 1.807) is 18.2 Å². The number of unbranched alkanes of at least 4 members (excludes halogenated alkanes) is 1.